The lowest BCUT2D eigenvalue weighted by molar-refractivity contribution is -0.139. The predicted octanol–water partition coefficient (Wildman–Crippen LogP) is 3.21. The van der Waals surface area contributed by atoms with Crippen LogP contribution >= 0.6 is 11.6 Å². The number of piperidine rings is 1. The molecule has 2 aromatic heterocycles. The Morgan fingerprint density at radius 2 is 2.00 bits per heavy atom. The van der Waals surface area contributed by atoms with Gasteiger partial charge in [-0.15, -0.1) is 0 Å². The van der Waals surface area contributed by atoms with Gasteiger partial charge in [0, 0.05) is 44.3 Å². The average Bonchev–Trinajstić information content (AvgIpc) is 3.21. The molecule has 2 N–H and O–H groups in total. The Bertz CT molecular complexity index is 980. The average molecular weight is 459 g/mol. The second-order valence-corrected chi connectivity index (χ2v) is 9.62. The summed E-state index contributed by atoms with van der Waals surface area (Å²) in [5.41, 5.74) is 1.85. The number of β-lactam (4-membered cyclic amide) rings is 1. The summed E-state index contributed by atoms with van der Waals surface area (Å²) in [7, 11) is 2.26. The normalized spacial score (nSPS) is 25.2. The maximum atomic E-state index is 11.4. The molecule has 2 unspecified atom stereocenters. The molecule has 0 aromatic carbocycles. The molecule has 5 heterocycles. The highest BCUT2D eigenvalue weighted by atomic mass is 35.5. The number of hydrogen-bond acceptors (Lipinski definition) is 7. The molecule has 2 atom stereocenters. The van der Waals surface area contributed by atoms with E-state index in [4.69, 9.17) is 16.7 Å². The number of halogens is 1. The monoisotopic (exact) mass is 458 g/mol. The SMILES string of the molecule is Cc1nn(C2CC3CCC(C2)N3C)cc1Nc1ncc(Cl)c(NCCCN2CCC2=O)n1. The van der Waals surface area contributed by atoms with Crippen molar-refractivity contribution in [1.29, 1.82) is 0 Å². The number of carbonyl (C=O) groups excluding carboxylic acids is 1. The summed E-state index contributed by atoms with van der Waals surface area (Å²) in [5, 5.41) is 11.8. The Labute approximate surface area is 193 Å². The van der Waals surface area contributed by atoms with Crippen LogP contribution in [0.5, 0.6) is 0 Å². The largest absolute Gasteiger partial charge is 0.369 e. The van der Waals surface area contributed by atoms with Gasteiger partial charge in [0.25, 0.3) is 0 Å². The minimum atomic E-state index is 0.236. The lowest BCUT2D eigenvalue weighted by Crippen LogP contribution is -2.44. The van der Waals surface area contributed by atoms with E-state index in [0.717, 1.165) is 43.7 Å². The van der Waals surface area contributed by atoms with Gasteiger partial charge in [-0.3, -0.25) is 9.48 Å². The summed E-state index contributed by atoms with van der Waals surface area (Å²) in [5.74, 6) is 1.32. The number of nitrogens with one attached hydrogen (secondary N) is 2. The molecule has 2 aromatic rings. The van der Waals surface area contributed by atoms with Crippen LogP contribution in [-0.2, 0) is 4.79 Å². The van der Waals surface area contributed by atoms with Gasteiger partial charge in [-0.2, -0.15) is 10.1 Å². The number of aromatic nitrogens is 4. The molecule has 0 radical (unpaired) electrons. The summed E-state index contributed by atoms with van der Waals surface area (Å²) >= 11 is 6.28. The fourth-order valence-electron chi connectivity index (χ4n) is 5.14. The Morgan fingerprint density at radius 1 is 1.22 bits per heavy atom. The van der Waals surface area contributed by atoms with Crippen LogP contribution in [0.15, 0.2) is 12.4 Å². The van der Waals surface area contributed by atoms with Crippen LogP contribution in [0.2, 0.25) is 5.02 Å². The molecule has 0 saturated carbocycles. The lowest BCUT2D eigenvalue weighted by Gasteiger charge is -2.36. The molecular formula is C22H31ClN8O. The molecule has 0 spiro atoms. The highest BCUT2D eigenvalue weighted by Gasteiger charge is 2.39. The summed E-state index contributed by atoms with van der Waals surface area (Å²) in [6.07, 6.45) is 10.1. The molecule has 3 saturated heterocycles. The van der Waals surface area contributed by atoms with Crippen molar-refractivity contribution in [2.24, 2.45) is 0 Å². The summed E-state index contributed by atoms with van der Waals surface area (Å²) in [4.78, 5) is 24.7. The molecule has 10 heteroatoms. The second-order valence-electron chi connectivity index (χ2n) is 9.21. The summed E-state index contributed by atoms with van der Waals surface area (Å²) < 4.78 is 2.13. The molecule has 5 rings (SSSR count). The molecule has 3 aliphatic rings. The second kappa shape index (κ2) is 8.86. The van der Waals surface area contributed by atoms with E-state index in [1.165, 1.54) is 12.8 Å². The first-order valence-electron chi connectivity index (χ1n) is 11.6. The van der Waals surface area contributed by atoms with Crippen molar-refractivity contribution < 1.29 is 4.79 Å². The van der Waals surface area contributed by atoms with E-state index >= 15 is 0 Å². The molecule has 3 aliphatic heterocycles. The van der Waals surface area contributed by atoms with Gasteiger partial charge in [0.2, 0.25) is 11.9 Å². The Hall–Kier alpha value is -2.39. The number of hydrogen-bond donors (Lipinski definition) is 2. The van der Waals surface area contributed by atoms with E-state index in [2.05, 4.69) is 43.4 Å². The number of carbonyl (C=O) groups is 1. The predicted molar refractivity (Wildman–Crippen MR) is 124 cm³/mol. The zero-order valence-corrected chi connectivity index (χ0v) is 19.5. The van der Waals surface area contributed by atoms with Crippen molar-refractivity contribution in [2.75, 3.05) is 37.3 Å². The van der Waals surface area contributed by atoms with Gasteiger partial charge in [0.15, 0.2) is 0 Å². The number of amides is 1. The topological polar surface area (TPSA) is 91.2 Å². The Kier molecular flexibility index (Phi) is 5.94. The highest BCUT2D eigenvalue weighted by Crippen LogP contribution is 2.40. The molecular weight excluding hydrogens is 428 g/mol. The molecule has 1 amide bonds. The van der Waals surface area contributed by atoms with Gasteiger partial charge in [0.05, 0.1) is 23.6 Å². The highest BCUT2D eigenvalue weighted by molar-refractivity contribution is 6.32. The smallest absolute Gasteiger partial charge is 0.229 e. The number of nitrogens with zero attached hydrogens (tertiary/aromatic N) is 6. The van der Waals surface area contributed by atoms with E-state index in [0.29, 0.717) is 47.9 Å². The molecule has 9 nitrogen and oxygen atoms in total. The van der Waals surface area contributed by atoms with Crippen LogP contribution in [0.4, 0.5) is 17.5 Å². The first-order chi connectivity index (χ1) is 15.5. The van der Waals surface area contributed by atoms with E-state index in [-0.39, 0.29) is 5.91 Å². The van der Waals surface area contributed by atoms with Crippen molar-refractivity contribution in [3.05, 3.63) is 23.1 Å². The van der Waals surface area contributed by atoms with Gasteiger partial charge < -0.3 is 20.4 Å². The van der Waals surface area contributed by atoms with Crippen molar-refractivity contribution in [1.82, 2.24) is 29.5 Å². The van der Waals surface area contributed by atoms with Gasteiger partial charge >= 0.3 is 0 Å². The van der Waals surface area contributed by atoms with Crippen LogP contribution < -0.4 is 10.6 Å². The third-order valence-corrected chi connectivity index (χ3v) is 7.48. The van der Waals surface area contributed by atoms with E-state index < -0.39 is 0 Å². The van der Waals surface area contributed by atoms with Crippen molar-refractivity contribution in [3.63, 3.8) is 0 Å². The van der Waals surface area contributed by atoms with Crippen molar-refractivity contribution >= 4 is 35.0 Å². The minimum Gasteiger partial charge on any atom is -0.369 e. The maximum absolute atomic E-state index is 11.4. The summed E-state index contributed by atoms with van der Waals surface area (Å²) in [6.45, 7) is 4.33. The molecule has 32 heavy (non-hydrogen) atoms. The number of rotatable bonds is 8. The molecule has 172 valence electrons. The zero-order chi connectivity index (χ0) is 22.2. The van der Waals surface area contributed by atoms with Crippen LogP contribution in [-0.4, -0.2) is 74.2 Å². The fourth-order valence-corrected chi connectivity index (χ4v) is 5.29. The minimum absolute atomic E-state index is 0.236. The third-order valence-electron chi connectivity index (χ3n) is 7.20. The fraction of sp³-hybridized carbons (Fsp3) is 0.636. The molecule has 3 fully saturated rings. The summed E-state index contributed by atoms with van der Waals surface area (Å²) in [6, 6.07) is 1.79. The number of fused-ring (bicyclic) bond motifs is 2. The van der Waals surface area contributed by atoms with Crippen LogP contribution in [0.1, 0.15) is 50.3 Å². The number of likely N-dealkylation sites (tertiary alicyclic amines) is 1. The van der Waals surface area contributed by atoms with Gasteiger partial charge in [-0.25, -0.2) is 4.98 Å². The maximum Gasteiger partial charge on any atom is 0.229 e. The number of anilines is 3. The third kappa shape index (κ3) is 4.28. The van der Waals surface area contributed by atoms with E-state index in [9.17, 15) is 4.79 Å². The van der Waals surface area contributed by atoms with Crippen LogP contribution in [0.25, 0.3) is 0 Å². The molecule has 2 bridgehead atoms. The first kappa shape index (κ1) is 21.5. The van der Waals surface area contributed by atoms with Gasteiger partial charge in [0.1, 0.15) is 10.8 Å². The number of aryl methyl sites for hydroxylation is 1. The van der Waals surface area contributed by atoms with E-state index in [1.807, 2.05) is 11.8 Å². The van der Waals surface area contributed by atoms with Gasteiger partial charge in [-0.1, -0.05) is 11.6 Å². The Morgan fingerprint density at radius 3 is 2.69 bits per heavy atom. The quantitative estimate of drug-likeness (QED) is 0.463. The van der Waals surface area contributed by atoms with E-state index in [1.54, 1.807) is 6.20 Å². The zero-order valence-electron chi connectivity index (χ0n) is 18.7. The standard InChI is InChI=1S/C22H31ClN8O/c1-14-19(13-31(28-14)17-10-15-4-5-16(11-17)29(15)2)26-22-25-12-18(23)21(27-22)24-7-3-8-30-9-6-20(30)32/h12-13,15-17H,3-11H2,1-2H3,(H2,24,25,26,27). The van der Waals surface area contributed by atoms with Crippen molar-refractivity contribution in [2.45, 2.75) is 63.6 Å². The van der Waals surface area contributed by atoms with Crippen molar-refractivity contribution in [3.8, 4) is 0 Å². The lowest BCUT2D eigenvalue weighted by atomic mass is 9.98. The van der Waals surface area contributed by atoms with Crippen LogP contribution in [0.3, 0.4) is 0 Å². The molecule has 0 aliphatic carbocycles. The first-order valence-corrected chi connectivity index (χ1v) is 11.9. The Balaban J connectivity index is 1.20. The van der Waals surface area contributed by atoms with Gasteiger partial charge in [-0.05, 0) is 46.1 Å². The van der Waals surface area contributed by atoms with Crippen LogP contribution in [0, 0.1) is 6.92 Å².